The van der Waals surface area contributed by atoms with Crippen LogP contribution in [0.2, 0.25) is 0 Å². The highest BCUT2D eigenvalue weighted by molar-refractivity contribution is 5.91. The number of oxazole rings is 1. The Morgan fingerprint density at radius 1 is 1.28 bits per heavy atom. The summed E-state index contributed by atoms with van der Waals surface area (Å²) >= 11 is 0. The van der Waals surface area contributed by atoms with E-state index in [1.807, 2.05) is 6.92 Å². The Morgan fingerprint density at radius 2 is 1.96 bits per heavy atom. The number of aromatic nitrogens is 1. The highest BCUT2D eigenvalue weighted by atomic mass is 16.3. The molecule has 1 amide bonds. The highest BCUT2D eigenvalue weighted by Gasteiger charge is 2.21. The molecular formula is C18H32N4O3. The number of nitrogens with zero attached hydrogens (tertiary/aromatic N) is 3. The molecule has 1 saturated heterocycles. The quantitative estimate of drug-likeness (QED) is 0.698. The van der Waals surface area contributed by atoms with Crippen LogP contribution in [0.5, 0.6) is 0 Å². The second-order valence-electron chi connectivity index (χ2n) is 6.99. The number of amides is 1. The van der Waals surface area contributed by atoms with E-state index in [1.165, 1.54) is 6.26 Å². The van der Waals surface area contributed by atoms with E-state index >= 15 is 0 Å². The number of hydrogen-bond acceptors (Lipinski definition) is 6. The Labute approximate surface area is 150 Å². The van der Waals surface area contributed by atoms with Crippen molar-refractivity contribution in [3.63, 3.8) is 0 Å². The Kier molecular flexibility index (Phi) is 7.87. The van der Waals surface area contributed by atoms with Gasteiger partial charge in [0.1, 0.15) is 6.26 Å². The Bertz CT molecular complexity index is 526. The van der Waals surface area contributed by atoms with E-state index in [0.717, 1.165) is 45.6 Å². The average molecular weight is 352 g/mol. The molecule has 0 bridgehead atoms. The zero-order valence-electron chi connectivity index (χ0n) is 15.7. The van der Waals surface area contributed by atoms with Crippen LogP contribution in [0.25, 0.3) is 0 Å². The summed E-state index contributed by atoms with van der Waals surface area (Å²) in [7, 11) is 0. The first kappa shape index (κ1) is 19.9. The van der Waals surface area contributed by atoms with Crippen molar-refractivity contribution in [3.8, 4) is 0 Å². The van der Waals surface area contributed by atoms with Crippen LogP contribution in [-0.4, -0.2) is 71.2 Å². The summed E-state index contributed by atoms with van der Waals surface area (Å²) in [6.45, 7) is 11.9. The summed E-state index contributed by atoms with van der Waals surface area (Å²) in [5.74, 6) is 0.863. The molecule has 0 saturated carbocycles. The van der Waals surface area contributed by atoms with Gasteiger partial charge in [0.05, 0.1) is 12.6 Å². The van der Waals surface area contributed by atoms with Crippen LogP contribution in [-0.2, 0) is 6.54 Å². The molecule has 1 aliphatic rings. The van der Waals surface area contributed by atoms with Crippen LogP contribution >= 0.6 is 0 Å². The van der Waals surface area contributed by atoms with Crippen molar-refractivity contribution in [1.82, 2.24) is 20.1 Å². The molecule has 1 aromatic heterocycles. The highest BCUT2D eigenvalue weighted by Crippen LogP contribution is 2.10. The average Bonchev–Trinajstić information content (AvgIpc) is 3.09. The third kappa shape index (κ3) is 6.41. The van der Waals surface area contributed by atoms with Crippen LogP contribution in [0.4, 0.5) is 0 Å². The van der Waals surface area contributed by atoms with Crippen molar-refractivity contribution in [2.24, 2.45) is 5.92 Å². The number of carbonyl (C=O) groups excluding carboxylic acids is 1. The maximum atomic E-state index is 12.1. The second-order valence-corrected chi connectivity index (χ2v) is 6.99. The van der Waals surface area contributed by atoms with Crippen molar-refractivity contribution in [2.75, 3.05) is 39.3 Å². The van der Waals surface area contributed by atoms with Gasteiger partial charge in [-0.15, -0.1) is 0 Å². The number of rotatable bonds is 9. The van der Waals surface area contributed by atoms with E-state index < -0.39 is 0 Å². The topological polar surface area (TPSA) is 81.8 Å². The smallest absolute Gasteiger partial charge is 0.273 e. The van der Waals surface area contributed by atoms with Gasteiger partial charge < -0.3 is 14.8 Å². The summed E-state index contributed by atoms with van der Waals surface area (Å²) in [4.78, 5) is 20.9. The van der Waals surface area contributed by atoms with E-state index in [1.54, 1.807) is 0 Å². The Balaban J connectivity index is 1.75. The molecule has 1 aromatic rings. The lowest BCUT2D eigenvalue weighted by Gasteiger charge is -2.34. The van der Waals surface area contributed by atoms with Crippen LogP contribution < -0.4 is 5.32 Å². The predicted molar refractivity (Wildman–Crippen MR) is 96.3 cm³/mol. The molecule has 25 heavy (non-hydrogen) atoms. The van der Waals surface area contributed by atoms with Crippen molar-refractivity contribution in [1.29, 1.82) is 0 Å². The van der Waals surface area contributed by atoms with E-state index in [0.29, 0.717) is 30.6 Å². The number of aliphatic hydroxyl groups is 1. The van der Waals surface area contributed by atoms with E-state index in [2.05, 4.69) is 33.9 Å². The molecule has 1 fully saturated rings. The molecule has 1 aliphatic heterocycles. The van der Waals surface area contributed by atoms with Gasteiger partial charge in [-0.3, -0.25) is 14.6 Å². The molecule has 2 N–H and O–H groups in total. The minimum absolute atomic E-state index is 0.173. The maximum absolute atomic E-state index is 12.1. The fourth-order valence-electron chi connectivity index (χ4n) is 2.74. The van der Waals surface area contributed by atoms with Crippen LogP contribution in [0.3, 0.4) is 0 Å². The van der Waals surface area contributed by atoms with Crippen molar-refractivity contribution in [3.05, 3.63) is 17.8 Å². The van der Waals surface area contributed by atoms with Gasteiger partial charge >= 0.3 is 0 Å². The standard InChI is InChI=1S/C18H32N4O3/c1-4-14(3)10-19-18(24)16-13-25-17(20-16)12-22-8-6-21(7-9-22)11-15(23)5-2/h13-15,23H,4-12H2,1-3H3,(H,19,24)/t14-,15+/m1/s1. The normalized spacial score (nSPS) is 18.9. The van der Waals surface area contributed by atoms with E-state index in [9.17, 15) is 9.90 Å². The van der Waals surface area contributed by atoms with Crippen molar-refractivity contribution in [2.45, 2.75) is 46.3 Å². The predicted octanol–water partition coefficient (Wildman–Crippen LogP) is 1.34. The lowest BCUT2D eigenvalue weighted by molar-refractivity contribution is 0.0658. The molecule has 0 aliphatic carbocycles. The molecule has 2 atom stereocenters. The Hall–Kier alpha value is -1.44. The van der Waals surface area contributed by atoms with Crippen LogP contribution in [0.15, 0.2) is 10.7 Å². The van der Waals surface area contributed by atoms with E-state index in [4.69, 9.17) is 4.42 Å². The van der Waals surface area contributed by atoms with Gasteiger partial charge in [-0.05, 0) is 12.3 Å². The summed E-state index contributed by atoms with van der Waals surface area (Å²) < 4.78 is 5.46. The van der Waals surface area contributed by atoms with Crippen molar-refractivity contribution >= 4 is 5.91 Å². The van der Waals surface area contributed by atoms with Gasteiger partial charge in [0.2, 0.25) is 5.89 Å². The fourth-order valence-corrected chi connectivity index (χ4v) is 2.74. The zero-order chi connectivity index (χ0) is 18.2. The number of nitrogens with one attached hydrogen (secondary N) is 1. The summed E-state index contributed by atoms with van der Waals surface area (Å²) in [6.07, 6.45) is 3.02. The van der Waals surface area contributed by atoms with Crippen LogP contribution in [0.1, 0.15) is 50.0 Å². The third-order valence-corrected chi connectivity index (χ3v) is 4.86. The number of β-amino-alcohol motifs (C(OH)–C–C–N with tert-alkyl or cyclic N) is 1. The molecule has 7 heteroatoms. The van der Waals surface area contributed by atoms with Gasteiger partial charge in [0, 0.05) is 39.3 Å². The molecule has 0 unspecified atom stereocenters. The maximum Gasteiger partial charge on any atom is 0.273 e. The molecule has 2 rings (SSSR count). The first-order valence-corrected chi connectivity index (χ1v) is 9.37. The van der Waals surface area contributed by atoms with Gasteiger partial charge in [-0.1, -0.05) is 27.2 Å². The van der Waals surface area contributed by atoms with Gasteiger partial charge in [-0.2, -0.15) is 0 Å². The first-order valence-electron chi connectivity index (χ1n) is 9.37. The molecular weight excluding hydrogens is 320 g/mol. The first-order chi connectivity index (χ1) is 12.0. The number of hydrogen-bond donors (Lipinski definition) is 2. The minimum Gasteiger partial charge on any atom is -0.447 e. The summed E-state index contributed by atoms with van der Waals surface area (Å²) in [5, 5.41) is 12.6. The van der Waals surface area contributed by atoms with Gasteiger partial charge in [-0.25, -0.2) is 4.98 Å². The van der Waals surface area contributed by atoms with E-state index in [-0.39, 0.29) is 12.0 Å². The lowest BCUT2D eigenvalue weighted by Crippen LogP contribution is -2.48. The minimum atomic E-state index is -0.241. The molecule has 0 radical (unpaired) electrons. The fraction of sp³-hybridized carbons (Fsp3) is 0.778. The SMILES string of the molecule is CC[C@@H](C)CNC(=O)c1coc(CN2CCN(C[C@@H](O)CC)CC2)n1. The summed E-state index contributed by atoms with van der Waals surface area (Å²) in [5.41, 5.74) is 0.350. The number of carbonyl (C=O) groups is 1. The number of piperazine rings is 1. The Morgan fingerprint density at radius 3 is 2.60 bits per heavy atom. The van der Waals surface area contributed by atoms with Gasteiger partial charge in [0.25, 0.3) is 5.91 Å². The lowest BCUT2D eigenvalue weighted by atomic mass is 10.1. The molecule has 7 nitrogen and oxygen atoms in total. The third-order valence-electron chi connectivity index (χ3n) is 4.86. The largest absolute Gasteiger partial charge is 0.447 e. The van der Waals surface area contributed by atoms with Crippen LogP contribution in [0, 0.1) is 5.92 Å². The molecule has 0 spiro atoms. The molecule has 2 heterocycles. The second kappa shape index (κ2) is 9.89. The van der Waals surface area contributed by atoms with Gasteiger partial charge in [0.15, 0.2) is 5.69 Å². The molecule has 0 aromatic carbocycles. The number of aliphatic hydroxyl groups excluding tert-OH is 1. The zero-order valence-corrected chi connectivity index (χ0v) is 15.7. The summed E-state index contributed by atoms with van der Waals surface area (Å²) in [6, 6.07) is 0. The monoisotopic (exact) mass is 352 g/mol. The molecule has 142 valence electrons. The van der Waals surface area contributed by atoms with Crippen molar-refractivity contribution < 1.29 is 14.3 Å².